The Bertz CT molecular complexity index is 925. The Morgan fingerprint density at radius 2 is 1.97 bits per heavy atom. The van der Waals surface area contributed by atoms with E-state index in [9.17, 15) is 9.59 Å². The summed E-state index contributed by atoms with van der Waals surface area (Å²) in [7, 11) is 0. The van der Waals surface area contributed by atoms with E-state index in [1.54, 1.807) is 6.26 Å². The van der Waals surface area contributed by atoms with E-state index in [0.29, 0.717) is 23.5 Å². The summed E-state index contributed by atoms with van der Waals surface area (Å²) >= 11 is 1.28. The predicted octanol–water partition coefficient (Wildman–Crippen LogP) is 3.65. The number of anilines is 1. The van der Waals surface area contributed by atoms with Crippen molar-refractivity contribution in [2.24, 2.45) is 11.8 Å². The van der Waals surface area contributed by atoms with Crippen molar-refractivity contribution in [3.8, 4) is 0 Å². The topological polar surface area (TPSA) is 105 Å². The minimum atomic E-state index is -0.419. The summed E-state index contributed by atoms with van der Waals surface area (Å²) < 4.78 is 7.53. The van der Waals surface area contributed by atoms with Crippen LogP contribution in [-0.4, -0.2) is 51.6 Å². The minimum absolute atomic E-state index is 0.0837. The lowest BCUT2D eigenvalue weighted by Crippen LogP contribution is -2.49. The molecule has 1 saturated carbocycles. The maximum Gasteiger partial charge on any atom is 0.321 e. The van der Waals surface area contributed by atoms with Gasteiger partial charge >= 0.3 is 6.03 Å². The number of aromatic nitrogens is 3. The van der Waals surface area contributed by atoms with Gasteiger partial charge in [0.2, 0.25) is 11.9 Å². The van der Waals surface area contributed by atoms with Crippen LogP contribution in [-0.2, 0) is 11.3 Å². The number of thioether (sulfide) groups is 1. The summed E-state index contributed by atoms with van der Waals surface area (Å²) in [5, 5.41) is 14.9. The Kier molecular flexibility index (Phi) is 7.95. The highest BCUT2D eigenvalue weighted by atomic mass is 32.2. The van der Waals surface area contributed by atoms with E-state index in [-0.39, 0.29) is 17.7 Å². The van der Waals surface area contributed by atoms with Crippen molar-refractivity contribution < 1.29 is 14.0 Å². The van der Waals surface area contributed by atoms with Crippen molar-refractivity contribution >= 4 is 29.6 Å². The van der Waals surface area contributed by atoms with Crippen molar-refractivity contribution in [2.45, 2.75) is 70.1 Å². The summed E-state index contributed by atoms with van der Waals surface area (Å²) in [6.45, 7) is 6.76. The third-order valence-corrected chi connectivity index (χ3v) is 7.81. The van der Waals surface area contributed by atoms with Crippen LogP contribution in [0.3, 0.4) is 0 Å². The second-order valence-corrected chi connectivity index (χ2v) is 10.1. The van der Waals surface area contributed by atoms with Gasteiger partial charge in [0.05, 0.1) is 18.6 Å². The van der Waals surface area contributed by atoms with Crippen LogP contribution in [0.25, 0.3) is 0 Å². The number of furan rings is 1. The molecule has 1 aliphatic carbocycles. The molecule has 1 aliphatic heterocycles. The molecule has 10 heteroatoms. The molecule has 3 heterocycles. The predicted molar refractivity (Wildman–Crippen MR) is 127 cm³/mol. The normalized spacial score (nSPS) is 23.3. The fraction of sp³-hybridized carbons (Fsp3) is 0.652. The number of urea groups is 1. The Balaban J connectivity index is 1.35. The molecule has 0 unspecified atom stereocenters. The molecule has 0 radical (unpaired) electrons. The van der Waals surface area contributed by atoms with Crippen LogP contribution in [0, 0.1) is 11.8 Å². The number of piperidine rings is 1. The fourth-order valence-corrected chi connectivity index (χ4v) is 5.43. The van der Waals surface area contributed by atoms with Crippen LogP contribution >= 0.6 is 11.8 Å². The molecule has 2 N–H and O–H groups in total. The maximum absolute atomic E-state index is 12.5. The number of imide groups is 1. The lowest BCUT2D eigenvalue weighted by Gasteiger charge is -2.34. The molecule has 0 spiro atoms. The minimum Gasteiger partial charge on any atom is -0.467 e. The molecule has 3 atom stereocenters. The van der Waals surface area contributed by atoms with Crippen molar-refractivity contribution in [3.63, 3.8) is 0 Å². The summed E-state index contributed by atoms with van der Waals surface area (Å²) in [5.74, 6) is 2.32. The first-order valence-corrected chi connectivity index (χ1v) is 12.9. The van der Waals surface area contributed by atoms with Gasteiger partial charge in [0.1, 0.15) is 5.76 Å². The van der Waals surface area contributed by atoms with Crippen LogP contribution < -0.4 is 15.5 Å². The standard InChI is InChI=1S/C23H34N6O3S/c1-16-8-6-10-19(17(16)2)24-21(31)25-20(30)15-33-23-27-26-22(28-11-4-3-5-12-28)29(23)14-18-9-7-13-32-18/h7,9,13,16-17,19H,3-6,8,10-12,14-15H2,1-2H3,(H2,24,25,30,31)/t16-,17-,19+/m1/s1. The van der Waals surface area contributed by atoms with Gasteiger partial charge in [-0.3, -0.25) is 14.7 Å². The number of hydrogen-bond donors (Lipinski definition) is 2. The Morgan fingerprint density at radius 3 is 2.73 bits per heavy atom. The molecular weight excluding hydrogens is 440 g/mol. The maximum atomic E-state index is 12.5. The van der Waals surface area contributed by atoms with E-state index in [2.05, 4.69) is 39.6 Å². The fourth-order valence-electron chi connectivity index (χ4n) is 4.70. The first kappa shape index (κ1) is 23.7. The Morgan fingerprint density at radius 1 is 1.15 bits per heavy atom. The van der Waals surface area contributed by atoms with E-state index in [0.717, 1.165) is 50.5 Å². The van der Waals surface area contributed by atoms with Crippen molar-refractivity contribution in [1.29, 1.82) is 0 Å². The highest BCUT2D eigenvalue weighted by Crippen LogP contribution is 2.29. The van der Waals surface area contributed by atoms with Crippen LogP contribution in [0.2, 0.25) is 0 Å². The van der Waals surface area contributed by atoms with Gasteiger partial charge in [-0.25, -0.2) is 4.79 Å². The quantitative estimate of drug-likeness (QED) is 0.590. The molecular formula is C23H34N6O3S. The highest BCUT2D eigenvalue weighted by molar-refractivity contribution is 7.99. The van der Waals surface area contributed by atoms with Crippen molar-refractivity contribution in [3.05, 3.63) is 24.2 Å². The van der Waals surface area contributed by atoms with Crippen molar-refractivity contribution in [2.75, 3.05) is 23.7 Å². The molecule has 33 heavy (non-hydrogen) atoms. The smallest absolute Gasteiger partial charge is 0.321 e. The number of nitrogens with one attached hydrogen (secondary N) is 2. The molecule has 2 fully saturated rings. The zero-order chi connectivity index (χ0) is 23.2. The third-order valence-electron chi connectivity index (χ3n) is 6.84. The van der Waals surface area contributed by atoms with Crippen LogP contribution in [0.5, 0.6) is 0 Å². The SMILES string of the molecule is C[C@@H]1[C@H](C)CCC[C@@H]1NC(=O)NC(=O)CSc1nnc(N2CCCCC2)n1Cc1ccco1. The molecule has 2 aromatic rings. The van der Waals surface area contributed by atoms with Gasteiger partial charge in [-0.1, -0.05) is 38.5 Å². The monoisotopic (exact) mass is 474 g/mol. The molecule has 0 aromatic carbocycles. The average molecular weight is 475 g/mol. The summed E-state index contributed by atoms with van der Waals surface area (Å²) in [4.78, 5) is 27.1. The molecule has 3 amide bonds. The second kappa shape index (κ2) is 11.1. The first-order valence-electron chi connectivity index (χ1n) is 11.9. The summed E-state index contributed by atoms with van der Waals surface area (Å²) in [6, 6.07) is 3.46. The first-order chi connectivity index (χ1) is 16.0. The van der Waals surface area contributed by atoms with Gasteiger partial charge < -0.3 is 14.6 Å². The summed E-state index contributed by atoms with van der Waals surface area (Å²) in [6.07, 6.45) is 8.38. The van der Waals surface area contributed by atoms with Crippen molar-refractivity contribution in [1.82, 2.24) is 25.4 Å². The van der Waals surface area contributed by atoms with Gasteiger partial charge in [0.25, 0.3) is 0 Å². The van der Waals surface area contributed by atoms with Gasteiger partial charge in [-0.2, -0.15) is 0 Å². The number of nitrogens with zero attached hydrogens (tertiary/aromatic N) is 4. The van der Waals surface area contributed by atoms with Gasteiger partial charge in [0.15, 0.2) is 5.16 Å². The second-order valence-electron chi connectivity index (χ2n) is 9.18. The molecule has 0 bridgehead atoms. The van der Waals surface area contributed by atoms with Gasteiger partial charge in [0, 0.05) is 19.1 Å². The van der Waals surface area contributed by atoms with Crippen LogP contribution in [0.15, 0.2) is 28.0 Å². The molecule has 4 rings (SSSR count). The highest BCUT2D eigenvalue weighted by Gasteiger charge is 2.28. The largest absolute Gasteiger partial charge is 0.467 e. The van der Waals surface area contributed by atoms with E-state index in [1.807, 2.05) is 16.7 Å². The molecule has 9 nitrogen and oxygen atoms in total. The number of rotatable bonds is 7. The molecule has 1 saturated heterocycles. The lowest BCUT2D eigenvalue weighted by molar-refractivity contribution is -0.117. The molecule has 2 aromatic heterocycles. The average Bonchev–Trinajstić information content (AvgIpc) is 3.46. The van der Waals surface area contributed by atoms with Crippen LogP contribution in [0.1, 0.15) is 58.1 Å². The van der Waals surface area contributed by atoms with Gasteiger partial charge in [-0.15, -0.1) is 10.2 Å². The Labute approximate surface area is 199 Å². The zero-order valence-electron chi connectivity index (χ0n) is 19.5. The number of carbonyl (C=O) groups excluding carboxylic acids is 2. The summed E-state index contributed by atoms with van der Waals surface area (Å²) in [5.41, 5.74) is 0. The van der Waals surface area contributed by atoms with Crippen LogP contribution in [0.4, 0.5) is 10.7 Å². The van der Waals surface area contributed by atoms with E-state index < -0.39 is 6.03 Å². The van der Waals surface area contributed by atoms with Gasteiger partial charge in [-0.05, 0) is 49.7 Å². The molecule has 180 valence electrons. The lowest BCUT2D eigenvalue weighted by atomic mass is 9.78. The number of hydrogen-bond acceptors (Lipinski definition) is 7. The van der Waals surface area contributed by atoms with E-state index >= 15 is 0 Å². The van der Waals surface area contributed by atoms with E-state index in [4.69, 9.17) is 4.42 Å². The third kappa shape index (κ3) is 6.10. The zero-order valence-corrected chi connectivity index (χ0v) is 20.3. The molecule has 2 aliphatic rings. The number of carbonyl (C=O) groups is 2. The Hall–Kier alpha value is -2.49. The van der Waals surface area contributed by atoms with E-state index in [1.165, 1.54) is 24.6 Å². The number of amides is 3.